The number of aromatic hydroxyl groups is 1. The highest BCUT2D eigenvalue weighted by atomic mass is 16.6. The maximum atomic E-state index is 11.5. The number of phenols is 1. The fraction of sp³-hybridized carbons (Fsp3) is 0.231. The van der Waals surface area contributed by atoms with Crippen LogP contribution in [0.4, 0.5) is 5.69 Å². The smallest absolute Gasteiger partial charge is 0.348 e. The average molecular weight is 292 g/mol. The third kappa shape index (κ3) is 3.70. The Kier molecular flexibility index (Phi) is 5.25. The van der Waals surface area contributed by atoms with E-state index in [9.17, 15) is 20.0 Å². The van der Waals surface area contributed by atoms with Gasteiger partial charge in [0.1, 0.15) is 11.6 Å². The lowest BCUT2D eigenvalue weighted by molar-refractivity contribution is -0.386. The topological polar surface area (TPSA) is 123 Å². The van der Waals surface area contributed by atoms with E-state index in [1.165, 1.54) is 13.2 Å². The lowest BCUT2D eigenvalue weighted by atomic mass is 10.1. The Bertz CT molecular complexity index is 645. The molecule has 1 aromatic rings. The number of methoxy groups -OCH3 is 1. The number of esters is 1. The van der Waals surface area contributed by atoms with E-state index in [4.69, 9.17) is 10.00 Å². The molecule has 1 N–H and O–H groups in total. The number of benzene rings is 1. The van der Waals surface area contributed by atoms with Crippen LogP contribution in [-0.4, -0.2) is 29.7 Å². The van der Waals surface area contributed by atoms with Crippen LogP contribution in [0.25, 0.3) is 6.08 Å². The van der Waals surface area contributed by atoms with Gasteiger partial charge < -0.3 is 14.6 Å². The number of phenolic OH excluding ortho intramolecular Hbond substituents is 1. The van der Waals surface area contributed by atoms with Gasteiger partial charge in [-0.1, -0.05) is 0 Å². The number of nitrogens with zero attached hydrogens (tertiary/aromatic N) is 2. The normalized spacial score (nSPS) is 10.6. The number of carbonyl (C=O) groups excluding carboxylic acids is 1. The highest BCUT2D eigenvalue weighted by Gasteiger charge is 2.20. The summed E-state index contributed by atoms with van der Waals surface area (Å²) in [6.07, 6.45) is 1.12. The number of nitro groups is 1. The number of rotatable bonds is 5. The summed E-state index contributed by atoms with van der Waals surface area (Å²) in [5.74, 6) is -1.61. The second-order valence-electron chi connectivity index (χ2n) is 3.74. The predicted molar refractivity (Wildman–Crippen MR) is 71.5 cm³/mol. The molecule has 0 heterocycles. The Morgan fingerprint density at radius 2 is 2.24 bits per heavy atom. The summed E-state index contributed by atoms with van der Waals surface area (Å²) in [5.41, 5.74) is -0.762. The van der Waals surface area contributed by atoms with Gasteiger partial charge in [0.05, 0.1) is 18.6 Å². The van der Waals surface area contributed by atoms with Crippen LogP contribution < -0.4 is 4.74 Å². The van der Waals surface area contributed by atoms with Crippen molar-refractivity contribution in [1.29, 1.82) is 5.26 Å². The maximum Gasteiger partial charge on any atom is 0.348 e. The zero-order valence-corrected chi connectivity index (χ0v) is 11.3. The van der Waals surface area contributed by atoms with E-state index in [0.717, 1.165) is 12.1 Å². The van der Waals surface area contributed by atoms with E-state index in [1.54, 1.807) is 13.0 Å². The Morgan fingerprint density at radius 3 is 2.71 bits per heavy atom. The molecule has 110 valence electrons. The van der Waals surface area contributed by atoms with Gasteiger partial charge in [-0.2, -0.15) is 5.26 Å². The van der Waals surface area contributed by atoms with Gasteiger partial charge in [0.2, 0.25) is 5.75 Å². The van der Waals surface area contributed by atoms with Gasteiger partial charge in [-0.15, -0.1) is 0 Å². The van der Waals surface area contributed by atoms with E-state index in [-0.39, 0.29) is 23.5 Å². The SMILES string of the molecule is CCOC(=O)/C(C#N)=C/c1cc(OC)c(O)c([N+](=O)[O-])c1. The molecule has 0 aromatic heterocycles. The first-order valence-corrected chi connectivity index (χ1v) is 5.78. The van der Waals surface area contributed by atoms with Crippen molar-refractivity contribution in [2.45, 2.75) is 6.92 Å². The molecule has 0 aliphatic heterocycles. The molecule has 0 saturated heterocycles. The molecule has 8 nitrogen and oxygen atoms in total. The third-order valence-electron chi connectivity index (χ3n) is 2.42. The maximum absolute atomic E-state index is 11.5. The lowest BCUT2D eigenvalue weighted by Crippen LogP contribution is -2.06. The first kappa shape index (κ1) is 16.0. The number of ether oxygens (including phenoxy) is 2. The van der Waals surface area contributed by atoms with Crippen molar-refractivity contribution in [2.24, 2.45) is 0 Å². The van der Waals surface area contributed by atoms with E-state index >= 15 is 0 Å². The van der Waals surface area contributed by atoms with Gasteiger partial charge in [-0.25, -0.2) is 4.79 Å². The zero-order valence-electron chi connectivity index (χ0n) is 11.3. The quantitative estimate of drug-likeness (QED) is 0.288. The highest BCUT2D eigenvalue weighted by molar-refractivity contribution is 5.98. The number of hydrogen-bond acceptors (Lipinski definition) is 7. The largest absolute Gasteiger partial charge is 0.500 e. The third-order valence-corrected chi connectivity index (χ3v) is 2.42. The molecular weight excluding hydrogens is 280 g/mol. The van der Waals surface area contributed by atoms with Crippen LogP contribution in [0.15, 0.2) is 17.7 Å². The Labute approximate surface area is 120 Å². The molecule has 0 aliphatic carbocycles. The molecule has 0 unspecified atom stereocenters. The second kappa shape index (κ2) is 6.91. The Balaban J connectivity index is 3.37. The minimum absolute atomic E-state index is 0.0941. The fourth-order valence-corrected chi connectivity index (χ4v) is 1.50. The summed E-state index contributed by atoms with van der Waals surface area (Å²) in [7, 11) is 1.23. The standard InChI is InChI=1S/C13H12N2O6/c1-3-21-13(17)9(7-14)4-8-5-10(15(18)19)12(16)11(6-8)20-2/h4-6,16H,3H2,1-2H3/b9-4+. The van der Waals surface area contributed by atoms with Crippen molar-refractivity contribution in [3.05, 3.63) is 33.4 Å². The van der Waals surface area contributed by atoms with Crippen molar-refractivity contribution in [2.75, 3.05) is 13.7 Å². The monoisotopic (exact) mass is 292 g/mol. The first-order chi connectivity index (χ1) is 9.94. The second-order valence-corrected chi connectivity index (χ2v) is 3.74. The molecule has 0 radical (unpaired) electrons. The minimum Gasteiger partial charge on any atom is -0.500 e. The molecule has 0 atom stereocenters. The van der Waals surface area contributed by atoms with Gasteiger partial charge in [0.25, 0.3) is 0 Å². The molecule has 0 aliphatic rings. The molecule has 0 amide bonds. The molecule has 0 spiro atoms. The predicted octanol–water partition coefficient (Wildman–Crippen LogP) is 1.78. The van der Waals surface area contributed by atoms with Crippen molar-refractivity contribution < 1.29 is 24.3 Å². The van der Waals surface area contributed by atoms with Gasteiger partial charge in [-0.05, 0) is 24.6 Å². The number of nitro benzene ring substituents is 1. The van der Waals surface area contributed by atoms with Crippen LogP contribution in [0.1, 0.15) is 12.5 Å². The molecular formula is C13H12N2O6. The molecule has 0 fully saturated rings. The first-order valence-electron chi connectivity index (χ1n) is 5.78. The van der Waals surface area contributed by atoms with Gasteiger partial charge >= 0.3 is 11.7 Å². The average Bonchev–Trinajstić information content (AvgIpc) is 2.45. The van der Waals surface area contributed by atoms with Crippen LogP contribution in [0.3, 0.4) is 0 Å². The van der Waals surface area contributed by atoms with Gasteiger partial charge in [0.15, 0.2) is 5.75 Å². The van der Waals surface area contributed by atoms with Gasteiger partial charge in [-0.3, -0.25) is 10.1 Å². The van der Waals surface area contributed by atoms with Crippen LogP contribution in [0.2, 0.25) is 0 Å². The summed E-state index contributed by atoms with van der Waals surface area (Å²) >= 11 is 0. The van der Waals surface area contributed by atoms with Crippen molar-refractivity contribution >= 4 is 17.7 Å². The highest BCUT2D eigenvalue weighted by Crippen LogP contribution is 2.37. The van der Waals surface area contributed by atoms with Crippen LogP contribution in [0.5, 0.6) is 11.5 Å². The summed E-state index contributed by atoms with van der Waals surface area (Å²) < 4.78 is 9.50. The molecule has 0 saturated carbocycles. The number of nitriles is 1. The van der Waals surface area contributed by atoms with E-state index < -0.39 is 22.3 Å². The number of carbonyl (C=O) groups is 1. The Morgan fingerprint density at radius 1 is 1.57 bits per heavy atom. The van der Waals surface area contributed by atoms with Crippen molar-refractivity contribution in [3.63, 3.8) is 0 Å². The molecule has 1 rings (SSSR count). The van der Waals surface area contributed by atoms with E-state index in [0.29, 0.717) is 0 Å². The lowest BCUT2D eigenvalue weighted by Gasteiger charge is -2.06. The fourth-order valence-electron chi connectivity index (χ4n) is 1.50. The van der Waals surface area contributed by atoms with Gasteiger partial charge in [0, 0.05) is 6.07 Å². The summed E-state index contributed by atoms with van der Waals surface area (Å²) in [4.78, 5) is 21.5. The van der Waals surface area contributed by atoms with E-state index in [2.05, 4.69) is 4.74 Å². The summed E-state index contributed by atoms with van der Waals surface area (Å²) in [6, 6.07) is 3.93. The van der Waals surface area contributed by atoms with E-state index in [1.807, 2.05) is 0 Å². The molecule has 1 aromatic carbocycles. The summed E-state index contributed by atoms with van der Waals surface area (Å²) in [6.45, 7) is 1.68. The van der Waals surface area contributed by atoms with Crippen LogP contribution >= 0.6 is 0 Å². The summed E-state index contributed by atoms with van der Waals surface area (Å²) in [5, 5.41) is 29.4. The van der Waals surface area contributed by atoms with Crippen molar-refractivity contribution in [1.82, 2.24) is 0 Å². The Hall–Kier alpha value is -3.08. The van der Waals surface area contributed by atoms with Crippen LogP contribution in [0, 0.1) is 21.4 Å². The minimum atomic E-state index is -0.838. The van der Waals surface area contributed by atoms with Crippen molar-refractivity contribution in [3.8, 4) is 17.6 Å². The number of hydrogen-bond donors (Lipinski definition) is 1. The molecule has 0 bridgehead atoms. The molecule has 8 heteroatoms. The van der Waals surface area contributed by atoms with Crippen LogP contribution in [-0.2, 0) is 9.53 Å². The zero-order chi connectivity index (χ0) is 16.0. The molecule has 21 heavy (non-hydrogen) atoms.